The molecule has 0 aliphatic carbocycles. The maximum absolute atomic E-state index is 3.73. The van der Waals surface area contributed by atoms with Gasteiger partial charge >= 0.3 is 0 Å². The molecule has 2 saturated heterocycles. The first kappa shape index (κ1) is 18.6. The lowest BCUT2D eigenvalue weighted by molar-refractivity contribution is 0.441. The maximum Gasteiger partial charge on any atom is 0.260 e. The van der Waals surface area contributed by atoms with E-state index in [4.69, 9.17) is 0 Å². The van der Waals surface area contributed by atoms with Gasteiger partial charge in [0, 0.05) is 23.3 Å². The molecule has 3 aromatic carbocycles. The van der Waals surface area contributed by atoms with E-state index in [1.165, 1.54) is 66.2 Å². The summed E-state index contributed by atoms with van der Waals surface area (Å²) in [5.41, 5.74) is 3.95. The molecule has 0 aromatic heterocycles. The minimum Gasteiger partial charge on any atom is -0.416 e. The Kier molecular flexibility index (Phi) is 5.22. The Morgan fingerprint density at radius 2 is 1.48 bits per heavy atom. The molecule has 2 heterocycles. The van der Waals surface area contributed by atoms with Crippen LogP contribution in [0.3, 0.4) is 0 Å². The van der Waals surface area contributed by atoms with Crippen molar-refractivity contribution < 1.29 is 0 Å². The van der Waals surface area contributed by atoms with E-state index in [0.29, 0.717) is 6.85 Å². The first-order chi connectivity index (χ1) is 14.3. The van der Waals surface area contributed by atoms with Crippen LogP contribution in [0.1, 0.15) is 44.1 Å². The van der Waals surface area contributed by atoms with Gasteiger partial charge in [-0.2, -0.15) is 0 Å². The summed E-state index contributed by atoms with van der Waals surface area (Å²) < 4.78 is 0. The zero-order valence-corrected chi connectivity index (χ0v) is 17.5. The summed E-state index contributed by atoms with van der Waals surface area (Å²) in [5.74, 6) is 1.74. The number of hydrogen-bond acceptors (Lipinski definition) is 2. The van der Waals surface area contributed by atoms with E-state index < -0.39 is 0 Å². The SMILES string of the molecule is CN(B1C2CCCC1CCC2)c1cccc2cccc(NCc3ccccc3)c12. The third-order valence-corrected chi connectivity index (χ3v) is 7.30. The molecule has 0 spiro atoms. The number of rotatable bonds is 5. The number of hydrogen-bond donors (Lipinski definition) is 1. The van der Waals surface area contributed by atoms with Crippen LogP contribution in [0, 0.1) is 0 Å². The summed E-state index contributed by atoms with van der Waals surface area (Å²) in [6.45, 7) is 1.55. The second kappa shape index (κ2) is 8.14. The van der Waals surface area contributed by atoms with E-state index in [1.54, 1.807) is 0 Å². The first-order valence-corrected chi connectivity index (χ1v) is 11.3. The number of benzene rings is 3. The topological polar surface area (TPSA) is 15.3 Å². The van der Waals surface area contributed by atoms with Crippen molar-refractivity contribution in [2.24, 2.45) is 0 Å². The highest BCUT2D eigenvalue weighted by atomic mass is 15.0. The van der Waals surface area contributed by atoms with Crippen LogP contribution in [-0.4, -0.2) is 13.9 Å². The molecule has 2 nitrogen and oxygen atoms in total. The zero-order chi connectivity index (χ0) is 19.6. The van der Waals surface area contributed by atoms with Crippen LogP contribution in [0.25, 0.3) is 10.8 Å². The maximum atomic E-state index is 3.73. The zero-order valence-electron chi connectivity index (χ0n) is 17.5. The van der Waals surface area contributed by atoms with Gasteiger partial charge in [-0.05, 0) is 41.8 Å². The fourth-order valence-electron chi connectivity index (χ4n) is 5.99. The molecule has 0 saturated carbocycles. The molecule has 148 valence electrons. The van der Waals surface area contributed by atoms with Crippen LogP contribution >= 0.6 is 0 Å². The average molecular weight is 382 g/mol. The number of nitrogens with one attached hydrogen (secondary N) is 1. The molecule has 5 rings (SSSR count). The largest absolute Gasteiger partial charge is 0.416 e. The highest BCUT2D eigenvalue weighted by molar-refractivity contribution is 6.67. The molecule has 0 atom stereocenters. The molecule has 0 amide bonds. The Balaban J connectivity index is 1.50. The highest BCUT2D eigenvalue weighted by Crippen LogP contribution is 2.49. The second-order valence-corrected chi connectivity index (χ2v) is 9.00. The lowest BCUT2D eigenvalue weighted by Crippen LogP contribution is -2.48. The Labute approximate surface area is 175 Å². The highest BCUT2D eigenvalue weighted by Gasteiger charge is 2.42. The van der Waals surface area contributed by atoms with Crippen LogP contribution in [0.15, 0.2) is 66.7 Å². The molecular formula is C26H31BN2. The normalized spacial score (nSPS) is 21.2. The van der Waals surface area contributed by atoms with Crippen molar-refractivity contribution in [2.45, 2.75) is 56.7 Å². The molecule has 29 heavy (non-hydrogen) atoms. The van der Waals surface area contributed by atoms with Crippen LogP contribution in [0.4, 0.5) is 11.4 Å². The van der Waals surface area contributed by atoms with E-state index in [9.17, 15) is 0 Å². The predicted octanol–water partition coefficient (Wildman–Crippen LogP) is 6.99. The molecule has 2 aliphatic heterocycles. The molecule has 2 fully saturated rings. The van der Waals surface area contributed by atoms with Crippen molar-refractivity contribution in [2.75, 3.05) is 17.2 Å². The summed E-state index contributed by atoms with van der Waals surface area (Å²) >= 11 is 0. The summed E-state index contributed by atoms with van der Waals surface area (Å²) in [7, 11) is 2.35. The van der Waals surface area contributed by atoms with E-state index in [2.05, 4.69) is 83.9 Å². The minimum absolute atomic E-state index is 0.699. The van der Waals surface area contributed by atoms with Gasteiger partial charge in [-0.15, -0.1) is 0 Å². The van der Waals surface area contributed by atoms with Crippen molar-refractivity contribution in [1.82, 2.24) is 0 Å². The first-order valence-electron chi connectivity index (χ1n) is 11.3. The van der Waals surface area contributed by atoms with Gasteiger partial charge in [0.05, 0.1) is 0 Å². The Morgan fingerprint density at radius 1 is 0.828 bits per heavy atom. The van der Waals surface area contributed by atoms with Gasteiger partial charge in [0.15, 0.2) is 0 Å². The predicted molar refractivity (Wildman–Crippen MR) is 127 cm³/mol. The summed E-state index contributed by atoms with van der Waals surface area (Å²) in [4.78, 5) is 2.64. The van der Waals surface area contributed by atoms with Crippen molar-refractivity contribution >= 4 is 29.0 Å². The fourth-order valence-corrected chi connectivity index (χ4v) is 5.99. The molecule has 0 radical (unpaired) electrons. The van der Waals surface area contributed by atoms with Gasteiger partial charge in [0.2, 0.25) is 0 Å². The van der Waals surface area contributed by atoms with Crippen LogP contribution in [0.5, 0.6) is 0 Å². The summed E-state index contributed by atoms with van der Waals surface area (Å²) in [5, 5.41) is 6.43. The third-order valence-electron chi connectivity index (χ3n) is 7.30. The van der Waals surface area contributed by atoms with Crippen molar-refractivity contribution in [3.8, 4) is 0 Å². The standard InChI is InChI=1S/C26H31BN2/c1-29(27-22-13-7-14-23(27)16-8-15-22)25-18-6-12-21-11-5-17-24(26(21)25)28-19-20-9-3-2-4-10-20/h2-6,9-12,17-18,22-23,28H,7-8,13-16,19H2,1H3. The second-order valence-electron chi connectivity index (χ2n) is 9.00. The smallest absolute Gasteiger partial charge is 0.260 e. The average Bonchev–Trinajstić information content (AvgIpc) is 2.77. The Hall–Kier alpha value is -2.42. The van der Waals surface area contributed by atoms with E-state index in [1.807, 2.05) is 0 Å². The van der Waals surface area contributed by atoms with E-state index in [-0.39, 0.29) is 0 Å². The molecular weight excluding hydrogens is 351 g/mol. The number of anilines is 2. The van der Waals surface area contributed by atoms with Crippen molar-refractivity contribution in [3.05, 3.63) is 72.3 Å². The summed E-state index contributed by atoms with van der Waals surface area (Å²) in [6.07, 6.45) is 8.51. The molecule has 1 N–H and O–H groups in total. The van der Waals surface area contributed by atoms with Crippen molar-refractivity contribution in [3.63, 3.8) is 0 Å². The van der Waals surface area contributed by atoms with Gasteiger partial charge in [-0.3, -0.25) is 0 Å². The number of fused-ring (bicyclic) bond motifs is 3. The van der Waals surface area contributed by atoms with Gasteiger partial charge in [0.25, 0.3) is 6.85 Å². The number of nitrogens with zero attached hydrogens (tertiary/aromatic N) is 1. The van der Waals surface area contributed by atoms with E-state index >= 15 is 0 Å². The van der Waals surface area contributed by atoms with Crippen LogP contribution in [-0.2, 0) is 6.54 Å². The van der Waals surface area contributed by atoms with Crippen LogP contribution < -0.4 is 10.1 Å². The van der Waals surface area contributed by atoms with Crippen molar-refractivity contribution in [1.29, 1.82) is 0 Å². The molecule has 2 bridgehead atoms. The lowest BCUT2D eigenvalue weighted by atomic mass is 9.33. The lowest BCUT2D eigenvalue weighted by Gasteiger charge is -2.45. The third kappa shape index (κ3) is 3.63. The Bertz CT molecular complexity index is 944. The molecule has 2 aliphatic rings. The van der Waals surface area contributed by atoms with Gasteiger partial charge < -0.3 is 10.1 Å². The Morgan fingerprint density at radius 3 is 2.17 bits per heavy atom. The molecule has 0 unspecified atom stereocenters. The minimum atomic E-state index is 0.699. The van der Waals surface area contributed by atoms with Gasteiger partial charge in [-0.1, -0.05) is 93.1 Å². The van der Waals surface area contributed by atoms with Gasteiger partial charge in [0.1, 0.15) is 0 Å². The van der Waals surface area contributed by atoms with Crippen LogP contribution in [0.2, 0.25) is 11.6 Å². The summed E-state index contributed by atoms with van der Waals surface area (Å²) in [6, 6.07) is 24.2. The monoisotopic (exact) mass is 382 g/mol. The van der Waals surface area contributed by atoms with Gasteiger partial charge in [-0.25, -0.2) is 0 Å². The fraction of sp³-hybridized carbons (Fsp3) is 0.385. The molecule has 3 aromatic rings. The van der Waals surface area contributed by atoms with E-state index in [0.717, 1.165) is 18.2 Å². The quantitative estimate of drug-likeness (QED) is 0.479. The molecule has 3 heteroatoms.